The Morgan fingerprint density at radius 1 is 1.17 bits per heavy atom. The molecule has 2 aromatic carbocycles. The van der Waals surface area contributed by atoms with Gasteiger partial charge >= 0.3 is 0 Å². The maximum atomic E-state index is 13.1. The second-order valence-electron chi connectivity index (χ2n) is 3.86. The number of nitrogens with two attached hydrogens (primary N) is 1. The summed E-state index contributed by atoms with van der Waals surface area (Å²) >= 11 is 5.77. The molecule has 0 saturated heterocycles. The number of methoxy groups -OCH3 is 1. The highest BCUT2D eigenvalue weighted by Gasteiger charge is 2.06. The predicted octanol–water partition coefficient (Wildman–Crippen LogP) is 3.61. The van der Waals surface area contributed by atoms with Crippen molar-refractivity contribution in [2.24, 2.45) is 5.73 Å². The first-order valence-corrected chi connectivity index (χ1v) is 5.86. The minimum absolute atomic E-state index is 0.109. The topological polar surface area (TPSA) is 35.2 Å². The third kappa shape index (κ3) is 2.47. The first-order valence-electron chi connectivity index (χ1n) is 5.48. The standard InChI is InChI=1S/C14H13ClFNO/c1-18-14-5-3-9(6-11(14)8-17)10-2-4-13(16)12(15)7-10/h2-7H,8,17H2,1H3. The summed E-state index contributed by atoms with van der Waals surface area (Å²) in [7, 11) is 1.60. The van der Waals surface area contributed by atoms with Crippen LogP contribution in [-0.2, 0) is 6.54 Å². The van der Waals surface area contributed by atoms with Gasteiger partial charge in [0.1, 0.15) is 11.6 Å². The molecule has 0 aliphatic heterocycles. The molecule has 0 fully saturated rings. The highest BCUT2D eigenvalue weighted by atomic mass is 35.5. The van der Waals surface area contributed by atoms with Gasteiger partial charge in [0.25, 0.3) is 0 Å². The molecule has 0 unspecified atom stereocenters. The van der Waals surface area contributed by atoms with E-state index in [1.54, 1.807) is 19.2 Å². The van der Waals surface area contributed by atoms with Gasteiger partial charge in [0.15, 0.2) is 0 Å². The lowest BCUT2D eigenvalue weighted by atomic mass is 10.0. The van der Waals surface area contributed by atoms with Crippen molar-refractivity contribution in [2.45, 2.75) is 6.54 Å². The van der Waals surface area contributed by atoms with Crippen LogP contribution in [0.4, 0.5) is 4.39 Å². The number of halogens is 2. The maximum absolute atomic E-state index is 13.1. The summed E-state index contributed by atoms with van der Waals surface area (Å²) in [6.45, 7) is 0.381. The van der Waals surface area contributed by atoms with Gasteiger partial charge in [-0.15, -0.1) is 0 Å². The molecular formula is C14H13ClFNO. The molecule has 4 heteroatoms. The lowest BCUT2D eigenvalue weighted by Crippen LogP contribution is -2.00. The lowest BCUT2D eigenvalue weighted by molar-refractivity contribution is 0.410. The van der Waals surface area contributed by atoms with Crippen LogP contribution in [0.15, 0.2) is 36.4 Å². The third-order valence-electron chi connectivity index (χ3n) is 2.75. The molecule has 0 heterocycles. The van der Waals surface area contributed by atoms with Crippen LogP contribution in [0.2, 0.25) is 5.02 Å². The van der Waals surface area contributed by atoms with Gasteiger partial charge in [0, 0.05) is 12.1 Å². The fourth-order valence-corrected chi connectivity index (χ4v) is 1.97. The normalized spacial score (nSPS) is 10.4. The minimum atomic E-state index is -0.423. The van der Waals surface area contributed by atoms with Gasteiger partial charge in [-0.25, -0.2) is 4.39 Å². The molecule has 94 valence electrons. The van der Waals surface area contributed by atoms with Crippen molar-refractivity contribution < 1.29 is 9.13 Å². The van der Waals surface area contributed by atoms with Crippen molar-refractivity contribution in [2.75, 3.05) is 7.11 Å². The van der Waals surface area contributed by atoms with E-state index < -0.39 is 5.82 Å². The molecule has 18 heavy (non-hydrogen) atoms. The molecule has 0 atom stereocenters. The van der Waals surface area contributed by atoms with Crippen molar-refractivity contribution in [1.82, 2.24) is 0 Å². The third-order valence-corrected chi connectivity index (χ3v) is 3.04. The van der Waals surface area contributed by atoms with E-state index in [1.807, 2.05) is 18.2 Å². The lowest BCUT2D eigenvalue weighted by Gasteiger charge is -2.09. The second-order valence-corrected chi connectivity index (χ2v) is 4.27. The summed E-state index contributed by atoms with van der Waals surface area (Å²) < 4.78 is 18.3. The largest absolute Gasteiger partial charge is 0.496 e. The van der Waals surface area contributed by atoms with Crippen molar-refractivity contribution in [3.8, 4) is 16.9 Å². The van der Waals surface area contributed by atoms with Crippen LogP contribution in [0.5, 0.6) is 5.75 Å². The molecule has 2 aromatic rings. The number of rotatable bonds is 3. The predicted molar refractivity (Wildman–Crippen MR) is 71.3 cm³/mol. The number of ether oxygens (including phenoxy) is 1. The SMILES string of the molecule is COc1ccc(-c2ccc(F)c(Cl)c2)cc1CN. The number of hydrogen-bond acceptors (Lipinski definition) is 2. The Kier molecular flexibility index (Phi) is 3.84. The van der Waals surface area contributed by atoms with Gasteiger partial charge in [-0.2, -0.15) is 0 Å². The molecule has 0 aliphatic rings. The van der Waals surface area contributed by atoms with Crippen LogP contribution >= 0.6 is 11.6 Å². The fraction of sp³-hybridized carbons (Fsp3) is 0.143. The summed E-state index contributed by atoms with van der Waals surface area (Å²) in [6, 6.07) is 10.3. The van der Waals surface area contributed by atoms with Crippen molar-refractivity contribution in [3.63, 3.8) is 0 Å². The molecule has 0 bridgehead atoms. The highest BCUT2D eigenvalue weighted by molar-refractivity contribution is 6.31. The van der Waals surface area contributed by atoms with Crippen LogP contribution in [0.3, 0.4) is 0 Å². The average molecular weight is 266 g/mol. The number of hydrogen-bond donors (Lipinski definition) is 1. The van der Waals surface area contributed by atoms with E-state index in [0.29, 0.717) is 6.54 Å². The van der Waals surface area contributed by atoms with Gasteiger partial charge in [-0.3, -0.25) is 0 Å². The van der Waals surface area contributed by atoms with Gasteiger partial charge in [0.2, 0.25) is 0 Å². The first kappa shape index (κ1) is 12.9. The van der Waals surface area contributed by atoms with Crippen molar-refractivity contribution >= 4 is 11.6 Å². The Bertz CT molecular complexity index is 572. The van der Waals surface area contributed by atoms with E-state index in [2.05, 4.69) is 0 Å². The first-order chi connectivity index (χ1) is 8.65. The summed E-state index contributed by atoms with van der Waals surface area (Å²) in [5, 5.41) is 0.109. The molecule has 2 N–H and O–H groups in total. The van der Waals surface area contributed by atoms with Crippen molar-refractivity contribution in [3.05, 3.63) is 52.8 Å². The molecule has 2 nitrogen and oxygen atoms in total. The Labute approximate surface area is 110 Å². The van der Waals surface area contributed by atoms with E-state index in [-0.39, 0.29) is 5.02 Å². The Morgan fingerprint density at radius 3 is 2.44 bits per heavy atom. The van der Waals surface area contributed by atoms with E-state index in [1.165, 1.54) is 6.07 Å². The molecule has 0 aliphatic carbocycles. The summed E-state index contributed by atoms with van der Waals surface area (Å²) in [5.41, 5.74) is 8.33. The molecule has 0 amide bonds. The monoisotopic (exact) mass is 265 g/mol. The zero-order valence-corrected chi connectivity index (χ0v) is 10.7. The van der Waals surface area contributed by atoms with Crippen LogP contribution in [0.25, 0.3) is 11.1 Å². The highest BCUT2D eigenvalue weighted by Crippen LogP contribution is 2.28. The Hall–Kier alpha value is -1.58. The molecule has 0 radical (unpaired) electrons. The van der Waals surface area contributed by atoms with Crippen LogP contribution in [0, 0.1) is 5.82 Å². The van der Waals surface area contributed by atoms with E-state index in [4.69, 9.17) is 22.1 Å². The van der Waals surface area contributed by atoms with Gasteiger partial charge in [0.05, 0.1) is 12.1 Å². The van der Waals surface area contributed by atoms with Gasteiger partial charge in [-0.05, 0) is 35.4 Å². The summed E-state index contributed by atoms with van der Waals surface area (Å²) in [6.07, 6.45) is 0. The van der Waals surface area contributed by atoms with E-state index >= 15 is 0 Å². The quantitative estimate of drug-likeness (QED) is 0.920. The van der Waals surface area contributed by atoms with Crippen LogP contribution < -0.4 is 10.5 Å². The molecule has 2 rings (SSSR count). The Morgan fingerprint density at radius 2 is 1.83 bits per heavy atom. The second kappa shape index (κ2) is 5.38. The van der Waals surface area contributed by atoms with E-state index in [0.717, 1.165) is 22.4 Å². The van der Waals surface area contributed by atoms with Gasteiger partial charge in [-0.1, -0.05) is 23.7 Å². The molecule has 0 spiro atoms. The fourth-order valence-electron chi connectivity index (χ4n) is 1.79. The zero-order chi connectivity index (χ0) is 13.1. The summed E-state index contributed by atoms with van der Waals surface area (Å²) in [4.78, 5) is 0. The molecule has 0 saturated carbocycles. The van der Waals surface area contributed by atoms with Crippen LogP contribution in [0.1, 0.15) is 5.56 Å². The smallest absolute Gasteiger partial charge is 0.141 e. The number of benzene rings is 2. The zero-order valence-electron chi connectivity index (χ0n) is 9.91. The van der Waals surface area contributed by atoms with Gasteiger partial charge < -0.3 is 10.5 Å². The Balaban J connectivity index is 2.47. The van der Waals surface area contributed by atoms with Crippen molar-refractivity contribution in [1.29, 1.82) is 0 Å². The molecular weight excluding hydrogens is 253 g/mol. The minimum Gasteiger partial charge on any atom is -0.496 e. The summed E-state index contributed by atoms with van der Waals surface area (Å²) in [5.74, 6) is 0.322. The van der Waals surface area contributed by atoms with Crippen LogP contribution in [-0.4, -0.2) is 7.11 Å². The van der Waals surface area contributed by atoms with E-state index in [9.17, 15) is 4.39 Å². The average Bonchev–Trinajstić information content (AvgIpc) is 2.41. The molecule has 0 aromatic heterocycles. The maximum Gasteiger partial charge on any atom is 0.141 e.